The van der Waals surface area contributed by atoms with Crippen LogP contribution in [0.4, 0.5) is 0 Å². The smallest absolute Gasteiger partial charge is 0.302 e. The van der Waals surface area contributed by atoms with Crippen molar-refractivity contribution in [2.24, 2.45) is 0 Å². The van der Waals surface area contributed by atoms with Crippen LogP contribution in [-0.2, 0) is 78.5 Å². The minimum atomic E-state index is -1.25. The standard InChI is InChI=1S/2C4H9NO.C3H9NO2S.3C3H6O2.2C3H6O.C2H6O2S.CH4/c2*1-4(6)5(2)3;1-4(2)7(5)6-3;3*1-3(4)5-2;2*1-3(2)4;1-4-5(2)3;/h2*1-3H3;1-3H3;3*1-2H3;2*1-2H3;1-2H3;1H4. The van der Waals surface area contributed by atoms with E-state index in [1.165, 1.54) is 118 Å². The van der Waals surface area contributed by atoms with Gasteiger partial charge in [0.15, 0.2) is 11.1 Å². The zero-order valence-corrected chi connectivity index (χ0v) is 34.0. The first-order valence-corrected chi connectivity index (χ1v) is 15.5. The topological polar surface area (TPSA) is 209 Å². The maximum absolute atomic E-state index is 10.3. The number of carbonyl (C=O) groups excluding carboxylic acids is 7. The number of ether oxygens (including phenoxy) is 3. The van der Waals surface area contributed by atoms with Crippen LogP contribution in [0.1, 0.15) is 69.7 Å². The van der Waals surface area contributed by atoms with Gasteiger partial charge >= 0.3 is 17.9 Å². The molecule has 0 rings (SSSR count). The molecule has 0 aromatic heterocycles. The third kappa shape index (κ3) is 211. The predicted molar refractivity (Wildman–Crippen MR) is 191 cm³/mol. The highest BCUT2D eigenvalue weighted by Gasteiger charge is 1.95. The Morgan fingerprint density at radius 1 is 0.458 bits per heavy atom. The van der Waals surface area contributed by atoms with Crippen LogP contribution >= 0.6 is 0 Å². The van der Waals surface area contributed by atoms with Crippen LogP contribution in [0.25, 0.3) is 0 Å². The third-order valence-electron chi connectivity index (χ3n) is 2.80. The summed E-state index contributed by atoms with van der Waals surface area (Å²) in [7, 11) is 17.1. The van der Waals surface area contributed by atoms with E-state index in [0.717, 1.165) is 0 Å². The molecule has 0 aromatic carbocycles. The Kier molecular flexibility index (Phi) is 83.2. The summed E-state index contributed by atoms with van der Waals surface area (Å²) in [6, 6.07) is 0. The van der Waals surface area contributed by atoms with E-state index in [4.69, 9.17) is 0 Å². The minimum Gasteiger partial charge on any atom is -0.469 e. The first-order chi connectivity index (χ1) is 21.0. The monoisotopic (exact) mass is 745 g/mol. The van der Waals surface area contributed by atoms with E-state index >= 15 is 0 Å². The molecular weight excluding hydrogens is 678 g/mol. The van der Waals surface area contributed by atoms with E-state index < -0.39 is 22.3 Å². The highest BCUT2D eigenvalue weighted by atomic mass is 32.2. The summed E-state index contributed by atoms with van der Waals surface area (Å²) in [4.78, 5) is 70.9. The van der Waals surface area contributed by atoms with Gasteiger partial charge in [0.1, 0.15) is 11.6 Å². The van der Waals surface area contributed by atoms with Crippen LogP contribution in [0, 0.1) is 0 Å². The fourth-order valence-corrected chi connectivity index (χ4v) is 0.447. The van der Waals surface area contributed by atoms with Gasteiger partial charge < -0.3 is 33.6 Å². The number of hydrogen-bond donors (Lipinski definition) is 0. The molecule has 2 atom stereocenters. The molecule has 0 heterocycles. The summed E-state index contributed by atoms with van der Waals surface area (Å²) in [6.45, 7) is 13.2. The van der Waals surface area contributed by atoms with Crippen molar-refractivity contribution in [1.82, 2.24) is 14.1 Å². The van der Waals surface area contributed by atoms with Gasteiger partial charge in [-0.1, -0.05) is 7.43 Å². The van der Waals surface area contributed by atoms with Crippen molar-refractivity contribution in [3.63, 3.8) is 0 Å². The van der Waals surface area contributed by atoms with Crippen LogP contribution in [-0.4, -0.2) is 148 Å². The lowest BCUT2D eigenvalue weighted by atomic mass is 10.6. The van der Waals surface area contributed by atoms with Gasteiger partial charge in [-0.3, -0.25) is 32.3 Å². The Hall–Kier alpha value is -3.13. The second-order valence-corrected chi connectivity index (χ2v) is 11.1. The molecular formula is C29H67N3O14S2. The van der Waals surface area contributed by atoms with Gasteiger partial charge in [-0.05, 0) is 27.7 Å². The van der Waals surface area contributed by atoms with E-state index in [1.54, 1.807) is 42.3 Å². The molecule has 0 aliphatic rings. The highest BCUT2D eigenvalue weighted by Crippen LogP contribution is 1.82. The van der Waals surface area contributed by atoms with Gasteiger partial charge in [0.2, 0.25) is 23.1 Å². The van der Waals surface area contributed by atoms with Gasteiger partial charge in [-0.15, -0.1) is 0 Å². The van der Waals surface area contributed by atoms with Gasteiger partial charge in [0.25, 0.3) is 0 Å². The Bertz CT molecular complexity index is 759. The third-order valence-corrected chi connectivity index (χ3v) is 4.15. The van der Waals surface area contributed by atoms with E-state index in [-0.39, 0.29) is 48.7 Å². The van der Waals surface area contributed by atoms with E-state index in [9.17, 15) is 42.0 Å². The normalized spacial score (nSPS) is 8.88. The maximum atomic E-state index is 10.3. The quantitative estimate of drug-likeness (QED) is 0.300. The lowest BCUT2D eigenvalue weighted by molar-refractivity contribution is -0.138. The molecule has 0 N–H and O–H groups in total. The maximum Gasteiger partial charge on any atom is 0.302 e. The lowest BCUT2D eigenvalue weighted by Crippen LogP contribution is -2.17. The van der Waals surface area contributed by atoms with Crippen molar-refractivity contribution in [3.8, 4) is 0 Å². The average Bonchev–Trinajstić information content (AvgIpc) is 2.93. The van der Waals surface area contributed by atoms with Crippen LogP contribution in [0.15, 0.2) is 0 Å². The largest absolute Gasteiger partial charge is 0.469 e. The van der Waals surface area contributed by atoms with Crippen LogP contribution < -0.4 is 0 Å². The van der Waals surface area contributed by atoms with E-state index in [0.29, 0.717) is 0 Å². The van der Waals surface area contributed by atoms with Crippen molar-refractivity contribution in [2.75, 3.05) is 84.1 Å². The van der Waals surface area contributed by atoms with Crippen LogP contribution in [0.5, 0.6) is 0 Å². The molecule has 2 unspecified atom stereocenters. The van der Waals surface area contributed by atoms with Crippen molar-refractivity contribution in [2.45, 2.75) is 69.7 Å². The number of Topliss-reactive ketones (excluding diaryl/α,β-unsaturated/α-hetero) is 2. The minimum absolute atomic E-state index is 0. The number of carbonyl (C=O) groups is 7. The number of esters is 3. The molecule has 294 valence electrons. The van der Waals surface area contributed by atoms with Crippen molar-refractivity contribution < 1.29 is 64.6 Å². The molecule has 0 saturated carbocycles. The molecule has 0 bridgehead atoms. The summed E-state index contributed by atoms with van der Waals surface area (Å²) < 4.78 is 42.5. The Labute approximate surface area is 295 Å². The number of rotatable bonds is 3. The number of methoxy groups -OCH3 is 3. The molecule has 0 aliphatic carbocycles. The summed E-state index contributed by atoms with van der Waals surface area (Å²) in [6.07, 6.45) is 1.47. The van der Waals surface area contributed by atoms with E-state index in [2.05, 4.69) is 22.6 Å². The van der Waals surface area contributed by atoms with Gasteiger partial charge in [-0.25, -0.2) is 12.7 Å². The second kappa shape index (κ2) is 56.2. The zero-order chi connectivity index (χ0) is 40.5. The molecule has 19 heteroatoms. The average molecular weight is 746 g/mol. The number of amides is 2. The van der Waals surface area contributed by atoms with Gasteiger partial charge in [-0.2, -0.15) is 0 Å². The van der Waals surface area contributed by atoms with Crippen molar-refractivity contribution in [3.05, 3.63) is 0 Å². The Balaban J connectivity index is -0.0000000424. The molecule has 0 aromatic rings. The molecule has 48 heavy (non-hydrogen) atoms. The molecule has 0 fully saturated rings. The summed E-state index contributed by atoms with van der Waals surface area (Å²) in [5, 5.41) is 0. The van der Waals surface area contributed by atoms with Crippen LogP contribution in [0.3, 0.4) is 0 Å². The highest BCUT2D eigenvalue weighted by molar-refractivity contribution is 7.79. The summed E-state index contributed by atoms with van der Waals surface area (Å²) in [5.74, 6) is -0.218. The Morgan fingerprint density at radius 2 is 0.583 bits per heavy atom. The first-order valence-electron chi connectivity index (χ1n) is 13.0. The fourth-order valence-electron chi connectivity index (χ4n) is 0.149. The molecule has 0 saturated heterocycles. The second-order valence-electron chi connectivity index (χ2n) is 8.49. The van der Waals surface area contributed by atoms with E-state index in [1.807, 2.05) is 0 Å². The van der Waals surface area contributed by atoms with Crippen molar-refractivity contribution >= 4 is 63.6 Å². The molecule has 0 spiro atoms. The molecule has 0 aliphatic heterocycles. The number of ketones is 2. The van der Waals surface area contributed by atoms with Crippen LogP contribution in [0.2, 0.25) is 0 Å². The Morgan fingerprint density at radius 3 is 0.583 bits per heavy atom. The van der Waals surface area contributed by atoms with Gasteiger partial charge in [0, 0.05) is 83.2 Å². The fraction of sp³-hybridized carbons (Fsp3) is 0.759. The zero-order valence-electron chi connectivity index (χ0n) is 32.4. The van der Waals surface area contributed by atoms with Crippen molar-refractivity contribution in [1.29, 1.82) is 0 Å². The molecule has 2 amide bonds. The predicted octanol–water partition coefficient (Wildman–Crippen LogP) is 2.25. The first kappa shape index (κ1) is 71.0. The van der Waals surface area contributed by atoms with Gasteiger partial charge in [0.05, 0.1) is 35.5 Å². The number of hydrogen-bond acceptors (Lipinski definition) is 14. The summed E-state index contributed by atoms with van der Waals surface area (Å²) in [5.41, 5.74) is 0. The number of nitrogens with zero attached hydrogens (tertiary/aromatic N) is 3. The molecule has 17 nitrogen and oxygen atoms in total. The molecule has 0 radical (unpaired) electrons. The SMILES string of the molecule is C.CC(=O)N(C)C.CC(=O)N(C)C.CC(C)=O.CC(C)=O.COC(C)=O.COC(C)=O.COC(C)=O.COS(=O)N(C)C.COS(C)=O. The summed E-state index contributed by atoms with van der Waals surface area (Å²) >= 11 is -2.32. The lowest BCUT2D eigenvalue weighted by Gasteiger charge is -2.03.